The van der Waals surface area contributed by atoms with E-state index in [4.69, 9.17) is 9.15 Å². The topological polar surface area (TPSA) is 64.4 Å². The van der Waals surface area contributed by atoms with E-state index in [2.05, 4.69) is 41.5 Å². The zero-order valence-electron chi connectivity index (χ0n) is 15.9. The van der Waals surface area contributed by atoms with Crippen molar-refractivity contribution in [2.24, 2.45) is 5.92 Å². The average Bonchev–Trinajstić information content (AvgIpc) is 3.42. The molecule has 2 fully saturated rings. The van der Waals surface area contributed by atoms with Crippen molar-refractivity contribution in [3.63, 3.8) is 0 Å². The molecule has 0 aliphatic carbocycles. The van der Waals surface area contributed by atoms with Gasteiger partial charge in [-0.25, -0.2) is 4.98 Å². The summed E-state index contributed by atoms with van der Waals surface area (Å²) in [6, 6.07) is 10.5. The van der Waals surface area contributed by atoms with Gasteiger partial charge in [-0.2, -0.15) is 0 Å². The molecule has 144 valence electrons. The van der Waals surface area contributed by atoms with E-state index in [1.165, 1.54) is 11.8 Å². The minimum Gasteiger partial charge on any atom is -0.448 e. The number of hydrogen-bond acceptors (Lipinski definition) is 4. The van der Waals surface area contributed by atoms with E-state index >= 15 is 0 Å². The number of oxazole rings is 1. The number of rotatable bonds is 8. The summed E-state index contributed by atoms with van der Waals surface area (Å²) in [5.74, 6) is 0.988. The highest BCUT2D eigenvalue weighted by Gasteiger charge is 2.51. The third-order valence-electron chi connectivity index (χ3n) is 5.84. The molecule has 1 aromatic heterocycles. The number of unbranched alkanes of at least 4 members (excludes halogenated alkanes) is 2. The van der Waals surface area contributed by atoms with Gasteiger partial charge in [0.1, 0.15) is 6.26 Å². The van der Waals surface area contributed by atoms with E-state index in [1.807, 2.05) is 6.07 Å². The molecule has 1 N–H and O–H groups in total. The molecule has 2 aromatic rings. The number of carbonyl (C=O) groups is 1. The van der Waals surface area contributed by atoms with Crippen LogP contribution in [0.3, 0.4) is 0 Å². The zero-order chi connectivity index (χ0) is 18.6. The third-order valence-corrected chi connectivity index (χ3v) is 5.84. The van der Waals surface area contributed by atoms with Gasteiger partial charge in [0.25, 0.3) is 5.91 Å². The number of nitrogens with one attached hydrogen (secondary N) is 1. The molecule has 0 radical (unpaired) electrons. The Morgan fingerprint density at radius 1 is 1.19 bits per heavy atom. The van der Waals surface area contributed by atoms with Gasteiger partial charge in [0.2, 0.25) is 5.89 Å². The van der Waals surface area contributed by atoms with Crippen LogP contribution in [-0.4, -0.2) is 29.6 Å². The van der Waals surface area contributed by atoms with Gasteiger partial charge in [-0.15, -0.1) is 0 Å². The molecule has 2 saturated heterocycles. The van der Waals surface area contributed by atoms with E-state index in [-0.39, 0.29) is 24.0 Å². The minimum atomic E-state index is -0.148. The largest absolute Gasteiger partial charge is 0.448 e. The van der Waals surface area contributed by atoms with E-state index in [0.29, 0.717) is 24.0 Å². The molecule has 1 amide bonds. The lowest BCUT2D eigenvalue weighted by Crippen LogP contribution is -2.28. The van der Waals surface area contributed by atoms with Crippen LogP contribution in [-0.2, 0) is 11.2 Å². The summed E-state index contributed by atoms with van der Waals surface area (Å²) in [6.07, 6.45) is 8.26. The molecule has 2 bridgehead atoms. The number of carbonyl (C=O) groups excluding carboxylic acids is 1. The van der Waals surface area contributed by atoms with Crippen LogP contribution in [0.2, 0.25) is 0 Å². The van der Waals surface area contributed by atoms with Crippen LogP contribution in [0, 0.1) is 5.92 Å². The van der Waals surface area contributed by atoms with Crippen LogP contribution in [0.25, 0.3) is 0 Å². The van der Waals surface area contributed by atoms with Crippen molar-refractivity contribution in [3.05, 3.63) is 53.7 Å². The van der Waals surface area contributed by atoms with Crippen molar-refractivity contribution in [1.82, 2.24) is 10.3 Å². The number of fused-ring (bicyclic) bond motifs is 2. The molecule has 0 spiro atoms. The second kappa shape index (κ2) is 8.26. The van der Waals surface area contributed by atoms with Crippen LogP contribution in [0.4, 0.5) is 0 Å². The molecule has 5 nitrogen and oxygen atoms in total. The molecule has 5 heteroatoms. The molecule has 2 aliphatic rings. The Bertz CT molecular complexity index is 758. The highest BCUT2D eigenvalue weighted by molar-refractivity contribution is 5.91. The second-order valence-electron chi connectivity index (χ2n) is 7.70. The van der Waals surface area contributed by atoms with Gasteiger partial charge < -0.3 is 14.5 Å². The summed E-state index contributed by atoms with van der Waals surface area (Å²) in [4.78, 5) is 16.8. The van der Waals surface area contributed by atoms with Crippen molar-refractivity contribution in [2.45, 2.75) is 63.6 Å². The first kappa shape index (κ1) is 18.2. The van der Waals surface area contributed by atoms with Gasteiger partial charge in [-0.05, 0) is 31.2 Å². The van der Waals surface area contributed by atoms with E-state index in [0.717, 1.165) is 38.5 Å². The lowest BCUT2D eigenvalue weighted by Gasteiger charge is -2.25. The standard InChI is InChI=1S/C22H28N2O3/c1-2-3-7-12-23-21(25)17-14-26-22(24-17)20-16(18-10-11-19(20)27-18)13-15-8-5-4-6-9-15/h4-6,8-9,14,16,18-20H,2-3,7,10-13H2,1H3,(H,23,25)/t16-,18-,19+,20-/m0/s1. The average molecular weight is 368 g/mol. The Morgan fingerprint density at radius 2 is 2.00 bits per heavy atom. The maximum absolute atomic E-state index is 12.3. The molecule has 4 rings (SSSR count). The highest BCUT2D eigenvalue weighted by Crippen LogP contribution is 2.49. The number of hydrogen-bond donors (Lipinski definition) is 1. The smallest absolute Gasteiger partial charge is 0.273 e. The van der Waals surface area contributed by atoms with Gasteiger partial charge in [0.15, 0.2) is 5.69 Å². The Morgan fingerprint density at radius 3 is 2.81 bits per heavy atom. The van der Waals surface area contributed by atoms with E-state index in [9.17, 15) is 4.79 Å². The van der Waals surface area contributed by atoms with Crippen LogP contribution in [0.1, 0.15) is 66.9 Å². The zero-order valence-corrected chi connectivity index (χ0v) is 15.9. The predicted molar refractivity (Wildman–Crippen MR) is 103 cm³/mol. The van der Waals surface area contributed by atoms with Crippen molar-refractivity contribution in [3.8, 4) is 0 Å². The lowest BCUT2D eigenvalue weighted by molar-refractivity contribution is 0.0898. The number of ether oxygens (including phenoxy) is 1. The summed E-state index contributed by atoms with van der Waals surface area (Å²) in [6.45, 7) is 2.83. The molecule has 3 heterocycles. The van der Waals surface area contributed by atoms with Gasteiger partial charge in [0, 0.05) is 12.5 Å². The van der Waals surface area contributed by atoms with Gasteiger partial charge in [-0.3, -0.25) is 4.79 Å². The summed E-state index contributed by atoms with van der Waals surface area (Å²) >= 11 is 0. The van der Waals surface area contributed by atoms with Gasteiger partial charge in [-0.1, -0.05) is 50.1 Å². The summed E-state index contributed by atoms with van der Waals surface area (Å²) < 4.78 is 12.0. The normalized spacial score (nSPS) is 26.4. The molecule has 2 aliphatic heterocycles. The molecule has 0 saturated carbocycles. The Hall–Kier alpha value is -2.14. The molecule has 27 heavy (non-hydrogen) atoms. The van der Waals surface area contributed by atoms with Crippen LogP contribution < -0.4 is 5.32 Å². The van der Waals surface area contributed by atoms with Crippen molar-refractivity contribution >= 4 is 5.91 Å². The molecular formula is C22H28N2O3. The first-order valence-electron chi connectivity index (χ1n) is 10.2. The monoisotopic (exact) mass is 368 g/mol. The summed E-state index contributed by atoms with van der Waals surface area (Å²) in [5, 5.41) is 2.93. The minimum absolute atomic E-state index is 0.130. The quantitative estimate of drug-likeness (QED) is 0.713. The maximum Gasteiger partial charge on any atom is 0.273 e. The number of amides is 1. The van der Waals surface area contributed by atoms with Crippen LogP contribution >= 0.6 is 0 Å². The highest BCUT2D eigenvalue weighted by atomic mass is 16.5. The molecule has 0 unspecified atom stereocenters. The van der Waals surface area contributed by atoms with E-state index in [1.54, 1.807) is 0 Å². The molecule has 1 aromatic carbocycles. The van der Waals surface area contributed by atoms with E-state index < -0.39 is 0 Å². The van der Waals surface area contributed by atoms with Gasteiger partial charge >= 0.3 is 0 Å². The van der Waals surface area contributed by atoms with Crippen LogP contribution in [0.15, 0.2) is 41.0 Å². The summed E-state index contributed by atoms with van der Waals surface area (Å²) in [7, 11) is 0. The fraction of sp³-hybridized carbons (Fsp3) is 0.545. The Kier molecular flexibility index (Phi) is 5.58. The SMILES string of the molecule is CCCCCNC(=O)c1coc([C@H]2[C@@H](Cc3ccccc3)[C@@H]3CC[C@H]2O3)n1. The number of nitrogens with zero attached hydrogens (tertiary/aromatic N) is 1. The third kappa shape index (κ3) is 3.93. The van der Waals surface area contributed by atoms with Crippen molar-refractivity contribution in [1.29, 1.82) is 0 Å². The Labute approximate surface area is 160 Å². The fourth-order valence-corrected chi connectivity index (χ4v) is 4.47. The number of benzene rings is 1. The first-order valence-corrected chi connectivity index (χ1v) is 10.2. The van der Waals surface area contributed by atoms with Crippen LogP contribution in [0.5, 0.6) is 0 Å². The van der Waals surface area contributed by atoms with Gasteiger partial charge in [0.05, 0.1) is 18.1 Å². The Balaban J connectivity index is 1.45. The second-order valence-corrected chi connectivity index (χ2v) is 7.70. The first-order chi connectivity index (χ1) is 13.3. The van der Waals surface area contributed by atoms with Crippen molar-refractivity contribution in [2.75, 3.05) is 6.54 Å². The van der Waals surface area contributed by atoms with Crippen molar-refractivity contribution < 1.29 is 13.9 Å². The molecule has 4 atom stereocenters. The summed E-state index contributed by atoms with van der Waals surface area (Å²) in [5.41, 5.74) is 1.69. The molecular weight excluding hydrogens is 340 g/mol. The fourth-order valence-electron chi connectivity index (χ4n) is 4.47. The number of aromatic nitrogens is 1. The maximum atomic E-state index is 12.3. The lowest BCUT2D eigenvalue weighted by atomic mass is 9.76. The predicted octanol–water partition coefficient (Wildman–Crippen LogP) is 4.10.